The first-order valence-electron chi connectivity index (χ1n) is 9.20. The number of methoxy groups -OCH3 is 1. The van der Waals surface area contributed by atoms with E-state index in [0.717, 1.165) is 16.3 Å². The molecule has 0 radical (unpaired) electrons. The maximum absolute atomic E-state index is 12.6. The fourth-order valence-electron chi connectivity index (χ4n) is 3.02. The molecule has 1 N–H and O–H groups in total. The molecule has 0 heterocycles. The molecule has 5 nitrogen and oxygen atoms in total. The second-order valence-corrected chi connectivity index (χ2v) is 8.58. The first-order valence-corrected chi connectivity index (χ1v) is 10.7. The topological polar surface area (TPSA) is 64.6 Å². The summed E-state index contributed by atoms with van der Waals surface area (Å²) in [5, 5.41) is 2.22. The maximum Gasteiger partial charge on any atom is 0.240 e. The average molecular weight is 400 g/mol. The van der Waals surface area contributed by atoms with E-state index in [0.29, 0.717) is 11.5 Å². The Morgan fingerprint density at radius 2 is 1.71 bits per heavy atom. The summed E-state index contributed by atoms with van der Waals surface area (Å²) in [5.41, 5.74) is 0.859. The normalized spacial score (nSPS) is 11.7. The third-order valence-electron chi connectivity index (χ3n) is 4.52. The molecule has 0 fully saturated rings. The van der Waals surface area contributed by atoms with Gasteiger partial charge < -0.3 is 9.47 Å². The van der Waals surface area contributed by atoms with Crippen molar-refractivity contribution in [3.63, 3.8) is 0 Å². The minimum Gasteiger partial charge on any atom is -0.496 e. The smallest absolute Gasteiger partial charge is 0.240 e. The van der Waals surface area contributed by atoms with Crippen LogP contribution in [0.2, 0.25) is 0 Å². The summed E-state index contributed by atoms with van der Waals surface area (Å²) in [5.74, 6) is 1.55. The van der Waals surface area contributed by atoms with Crippen molar-refractivity contribution in [3.05, 3.63) is 66.2 Å². The lowest BCUT2D eigenvalue weighted by Gasteiger charge is -2.14. The van der Waals surface area contributed by atoms with Gasteiger partial charge in [-0.15, -0.1) is 0 Å². The number of ether oxygens (including phenoxy) is 2. The third-order valence-corrected chi connectivity index (χ3v) is 5.98. The zero-order valence-electron chi connectivity index (χ0n) is 16.3. The summed E-state index contributed by atoms with van der Waals surface area (Å²) < 4.78 is 38.8. The van der Waals surface area contributed by atoms with Crippen molar-refractivity contribution in [2.75, 3.05) is 20.3 Å². The lowest BCUT2D eigenvalue weighted by Crippen LogP contribution is -2.28. The number of fused-ring (bicyclic) bond motifs is 1. The summed E-state index contributed by atoms with van der Waals surface area (Å²) in [4.78, 5) is 0.225. The molecule has 0 aliphatic carbocycles. The molecule has 0 aromatic heterocycles. The van der Waals surface area contributed by atoms with Crippen molar-refractivity contribution in [2.45, 2.75) is 24.7 Å². The van der Waals surface area contributed by atoms with Crippen LogP contribution in [0.4, 0.5) is 0 Å². The SMILES string of the molecule is COc1ccc(S(=O)(=O)NCCOc2ccc3ccccc3c2)cc1C(C)C. The molecule has 0 aliphatic heterocycles. The molecule has 3 aromatic rings. The molecule has 0 bridgehead atoms. The Morgan fingerprint density at radius 3 is 2.43 bits per heavy atom. The Bertz CT molecular complexity index is 1060. The lowest BCUT2D eigenvalue weighted by atomic mass is 10.0. The minimum absolute atomic E-state index is 0.154. The summed E-state index contributed by atoms with van der Waals surface area (Å²) in [6.07, 6.45) is 0. The highest BCUT2D eigenvalue weighted by Crippen LogP contribution is 2.28. The predicted molar refractivity (Wildman–Crippen MR) is 112 cm³/mol. The van der Waals surface area contributed by atoms with Gasteiger partial charge in [-0.2, -0.15) is 0 Å². The van der Waals surface area contributed by atoms with Crippen LogP contribution >= 0.6 is 0 Å². The molecule has 6 heteroatoms. The Labute approximate surface area is 166 Å². The largest absolute Gasteiger partial charge is 0.496 e. The number of sulfonamides is 1. The summed E-state index contributed by atoms with van der Waals surface area (Å²) >= 11 is 0. The molecule has 28 heavy (non-hydrogen) atoms. The van der Waals surface area contributed by atoms with E-state index >= 15 is 0 Å². The molecule has 0 saturated carbocycles. The number of nitrogens with one attached hydrogen (secondary N) is 1. The Balaban J connectivity index is 1.62. The number of hydrogen-bond donors (Lipinski definition) is 1. The molecule has 0 saturated heterocycles. The molecule has 0 aliphatic rings. The first kappa shape index (κ1) is 20.2. The summed E-state index contributed by atoms with van der Waals surface area (Å²) in [6.45, 7) is 4.42. The molecule has 0 amide bonds. The molecule has 3 rings (SSSR count). The zero-order chi connectivity index (χ0) is 20.1. The van der Waals surface area contributed by atoms with Crippen LogP contribution < -0.4 is 14.2 Å². The van der Waals surface area contributed by atoms with Gasteiger partial charge >= 0.3 is 0 Å². The van der Waals surface area contributed by atoms with Crippen LogP contribution in [0.25, 0.3) is 10.8 Å². The van der Waals surface area contributed by atoms with Gasteiger partial charge in [0.25, 0.3) is 0 Å². The second kappa shape index (κ2) is 8.63. The standard InChI is InChI=1S/C22H25NO4S/c1-16(2)21-15-20(10-11-22(21)26-3)28(24,25)23-12-13-27-19-9-8-17-6-4-5-7-18(17)14-19/h4-11,14-16,23H,12-13H2,1-3H3. The van der Waals surface area contributed by atoms with E-state index in [9.17, 15) is 8.42 Å². The highest BCUT2D eigenvalue weighted by molar-refractivity contribution is 7.89. The minimum atomic E-state index is -3.62. The average Bonchev–Trinajstić information content (AvgIpc) is 2.70. The van der Waals surface area contributed by atoms with E-state index < -0.39 is 10.0 Å². The molecule has 0 spiro atoms. The van der Waals surface area contributed by atoms with Crippen LogP contribution in [0.15, 0.2) is 65.6 Å². The van der Waals surface area contributed by atoms with Gasteiger partial charge in [0.05, 0.1) is 12.0 Å². The Kier molecular flexibility index (Phi) is 6.21. The number of rotatable bonds is 8. The molecule has 148 valence electrons. The molecule has 0 atom stereocenters. The third kappa shape index (κ3) is 4.64. The van der Waals surface area contributed by atoms with Crippen molar-refractivity contribution < 1.29 is 17.9 Å². The molecular weight excluding hydrogens is 374 g/mol. The van der Waals surface area contributed by atoms with Crippen LogP contribution in [-0.2, 0) is 10.0 Å². The van der Waals surface area contributed by atoms with E-state index in [4.69, 9.17) is 9.47 Å². The van der Waals surface area contributed by atoms with Crippen molar-refractivity contribution in [3.8, 4) is 11.5 Å². The monoisotopic (exact) mass is 399 g/mol. The van der Waals surface area contributed by atoms with Gasteiger partial charge in [0, 0.05) is 6.54 Å². The van der Waals surface area contributed by atoms with Crippen LogP contribution in [0.3, 0.4) is 0 Å². The maximum atomic E-state index is 12.6. The van der Waals surface area contributed by atoms with Gasteiger partial charge in [-0.05, 0) is 52.6 Å². The highest BCUT2D eigenvalue weighted by atomic mass is 32.2. The van der Waals surface area contributed by atoms with Gasteiger partial charge in [-0.3, -0.25) is 0 Å². The molecule has 3 aromatic carbocycles. The zero-order valence-corrected chi connectivity index (χ0v) is 17.1. The first-order chi connectivity index (χ1) is 13.4. The Morgan fingerprint density at radius 1 is 0.964 bits per heavy atom. The van der Waals surface area contributed by atoms with Gasteiger partial charge in [-0.25, -0.2) is 13.1 Å². The van der Waals surface area contributed by atoms with E-state index in [1.54, 1.807) is 25.3 Å². The van der Waals surface area contributed by atoms with Crippen LogP contribution in [-0.4, -0.2) is 28.7 Å². The quantitative estimate of drug-likeness (QED) is 0.573. The summed E-state index contributed by atoms with van der Waals surface area (Å²) in [7, 11) is -2.03. The van der Waals surface area contributed by atoms with Gasteiger partial charge in [0.1, 0.15) is 18.1 Å². The lowest BCUT2D eigenvalue weighted by molar-refractivity contribution is 0.323. The van der Waals surface area contributed by atoms with Gasteiger partial charge in [0.15, 0.2) is 0 Å². The van der Waals surface area contributed by atoms with Gasteiger partial charge in [0.2, 0.25) is 10.0 Å². The molecular formula is C22H25NO4S. The van der Waals surface area contributed by atoms with Crippen molar-refractivity contribution in [2.24, 2.45) is 0 Å². The van der Waals surface area contributed by atoms with Crippen LogP contribution in [0, 0.1) is 0 Å². The van der Waals surface area contributed by atoms with E-state index in [1.807, 2.05) is 56.3 Å². The van der Waals surface area contributed by atoms with Crippen molar-refractivity contribution in [1.82, 2.24) is 4.72 Å². The summed E-state index contributed by atoms with van der Waals surface area (Å²) in [6, 6.07) is 18.7. The second-order valence-electron chi connectivity index (χ2n) is 6.81. The Hall–Kier alpha value is -2.57. The van der Waals surface area contributed by atoms with E-state index in [2.05, 4.69) is 4.72 Å². The van der Waals surface area contributed by atoms with E-state index in [1.165, 1.54) is 0 Å². The fourth-order valence-corrected chi connectivity index (χ4v) is 4.06. The fraction of sp³-hybridized carbons (Fsp3) is 0.273. The van der Waals surface area contributed by atoms with Crippen LogP contribution in [0.1, 0.15) is 25.3 Å². The van der Waals surface area contributed by atoms with Crippen LogP contribution in [0.5, 0.6) is 11.5 Å². The van der Waals surface area contributed by atoms with E-state index in [-0.39, 0.29) is 24.0 Å². The van der Waals surface area contributed by atoms with Crippen molar-refractivity contribution in [1.29, 1.82) is 0 Å². The number of hydrogen-bond acceptors (Lipinski definition) is 4. The molecule has 0 unspecified atom stereocenters. The van der Waals surface area contributed by atoms with Gasteiger partial charge in [-0.1, -0.05) is 44.2 Å². The number of benzene rings is 3. The van der Waals surface area contributed by atoms with Crippen molar-refractivity contribution >= 4 is 20.8 Å². The highest BCUT2D eigenvalue weighted by Gasteiger charge is 2.17. The predicted octanol–water partition coefficient (Wildman–Crippen LogP) is 4.33.